The Kier molecular flexibility index (Phi) is 4.24. The molecule has 5 nitrogen and oxygen atoms in total. The zero-order valence-electron chi connectivity index (χ0n) is 15.4. The summed E-state index contributed by atoms with van der Waals surface area (Å²) in [6.45, 7) is 7.27. The summed E-state index contributed by atoms with van der Waals surface area (Å²) in [5.41, 5.74) is 0.942. The molecule has 3 aromatic rings. The molecule has 0 spiro atoms. The van der Waals surface area contributed by atoms with Crippen molar-refractivity contribution in [3.8, 4) is 22.9 Å². The number of furan rings is 1. The number of nitriles is 1. The lowest BCUT2D eigenvalue weighted by Crippen LogP contribution is -2.22. The Balaban J connectivity index is 2.04. The Bertz CT molecular complexity index is 1200. The van der Waals surface area contributed by atoms with Gasteiger partial charge in [0.25, 0.3) is 0 Å². The van der Waals surface area contributed by atoms with Gasteiger partial charge in [-0.3, -0.25) is 0 Å². The summed E-state index contributed by atoms with van der Waals surface area (Å²) < 4.78 is 46.8. The summed E-state index contributed by atoms with van der Waals surface area (Å²) in [4.78, 5) is 0. The SMILES string of the molecule is C=CC1Nc2c(-c3cc(C)oc3C)c(C#N)nn2-c2c(Cl)cc(C(F)(F)F)cc21. The highest BCUT2D eigenvalue weighted by molar-refractivity contribution is 6.32. The number of nitrogens with zero attached hydrogens (tertiary/aromatic N) is 3. The molecule has 1 aromatic carbocycles. The van der Waals surface area contributed by atoms with E-state index in [0.717, 1.165) is 12.1 Å². The van der Waals surface area contributed by atoms with Crippen LogP contribution >= 0.6 is 11.6 Å². The molecule has 1 aliphatic rings. The standard InChI is InChI=1S/C20H14ClF3N4O/c1-4-15-13-6-11(20(22,23)24)7-14(21)18(13)28-19(26-15)17(16(8-25)27-28)12-5-9(2)29-10(12)3/h4-7,15,26H,1H2,2-3H3. The average molecular weight is 419 g/mol. The summed E-state index contributed by atoms with van der Waals surface area (Å²) >= 11 is 6.27. The number of aromatic nitrogens is 2. The maximum atomic E-state index is 13.3. The van der Waals surface area contributed by atoms with E-state index in [1.807, 2.05) is 6.07 Å². The lowest BCUT2D eigenvalue weighted by Gasteiger charge is -2.28. The molecule has 1 aliphatic heterocycles. The Hall–Kier alpha value is -3.18. The number of hydrogen-bond donors (Lipinski definition) is 1. The van der Waals surface area contributed by atoms with Crippen molar-refractivity contribution in [2.24, 2.45) is 0 Å². The van der Waals surface area contributed by atoms with Gasteiger partial charge in [-0.2, -0.15) is 23.5 Å². The largest absolute Gasteiger partial charge is 0.466 e. The minimum Gasteiger partial charge on any atom is -0.466 e. The molecule has 29 heavy (non-hydrogen) atoms. The third-order valence-corrected chi connectivity index (χ3v) is 5.08. The van der Waals surface area contributed by atoms with Gasteiger partial charge in [-0.05, 0) is 32.0 Å². The Labute approximate surface area is 169 Å². The highest BCUT2D eigenvalue weighted by Gasteiger charge is 2.36. The molecule has 0 radical (unpaired) electrons. The second-order valence-electron chi connectivity index (χ2n) is 6.67. The monoisotopic (exact) mass is 418 g/mol. The number of hydrogen-bond acceptors (Lipinski definition) is 4. The molecule has 4 rings (SSSR count). The van der Waals surface area contributed by atoms with Crippen molar-refractivity contribution < 1.29 is 17.6 Å². The first kappa shape index (κ1) is 19.2. The normalized spacial score (nSPS) is 15.3. The molecular weight excluding hydrogens is 405 g/mol. The number of rotatable bonds is 2. The fraction of sp³-hybridized carbons (Fsp3) is 0.200. The van der Waals surface area contributed by atoms with Crippen LogP contribution in [0.1, 0.15) is 34.4 Å². The van der Waals surface area contributed by atoms with Crippen molar-refractivity contribution in [2.75, 3.05) is 5.32 Å². The van der Waals surface area contributed by atoms with Crippen LogP contribution in [0.2, 0.25) is 5.02 Å². The first-order chi connectivity index (χ1) is 13.7. The van der Waals surface area contributed by atoms with Gasteiger partial charge in [0.05, 0.1) is 27.9 Å². The van der Waals surface area contributed by atoms with E-state index in [1.165, 1.54) is 10.8 Å². The van der Waals surface area contributed by atoms with Gasteiger partial charge in [0.15, 0.2) is 5.69 Å². The molecule has 0 aliphatic carbocycles. The van der Waals surface area contributed by atoms with Crippen LogP contribution in [-0.4, -0.2) is 9.78 Å². The summed E-state index contributed by atoms with van der Waals surface area (Å²) in [5.74, 6) is 1.69. The van der Waals surface area contributed by atoms with E-state index in [4.69, 9.17) is 16.0 Å². The zero-order chi connectivity index (χ0) is 21.1. The maximum Gasteiger partial charge on any atom is 0.416 e. The molecule has 1 atom stereocenters. The van der Waals surface area contributed by atoms with Crippen LogP contribution in [0.25, 0.3) is 16.8 Å². The lowest BCUT2D eigenvalue weighted by molar-refractivity contribution is -0.137. The van der Waals surface area contributed by atoms with E-state index < -0.39 is 17.8 Å². The lowest BCUT2D eigenvalue weighted by atomic mass is 9.98. The topological polar surface area (TPSA) is 66.8 Å². The van der Waals surface area contributed by atoms with E-state index in [1.54, 1.807) is 19.9 Å². The van der Waals surface area contributed by atoms with Crippen molar-refractivity contribution in [1.82, 2.24) is 9.78 Å². The van der Waals surface area contributed by atoms with Crippen LogP contribution in [0.3, 0.4) is 0 Å². The molecule has 0 saturated heterocycles. The third kappa shape index (κ3) is 2.89. The Morgan fingerprint density at radius 3 is 2.62 bits per heavy atom. The quantitative estimate of drug-likeness (QED) is 0.522. The highest BCUT2D eigenvalue weighted by atomic mass is 35.5. The van der Waals surface area contributed by atoms with Crippen molar-refractivity contribution in [2.45, 2.75) is 26.1 Å². The van der Waals surface area contributed by atoms with Gasteiger partial charge in [0.2, 0.25) is 0 Å². The van der Waals surface area contributed by atoms with E-state index in [0.29, 0.717) is 28.5 Å². The molecule has 1 N–H and O–H groups in total. The van der Waals surface area contributed by atoms with Crippen LogP contribution in [0.15, 0.2) is 35.3 Å². The van der Waals surface area contributed by atoms with Crippen LogP contribution in [0.5, 0.6) is 0 Å². The number of benzene rings is 1. The molecule has 1 unspecified atom stereocenters. The average Bonchev–Trinajstić information content (AvgIpc) is 3.17. The first-order valence-corrected chi connectivity index (χ1v) is 8.94. The van der Waals surface area contributed by atoms with Crippen molar-refractivity contribution in [1.29, 1.82) is 5.26 Å². The van der Waals surface area contributed by atoms with Crippen molar-refractivity contribution in [3.05, 3.63) is 64.2 Å². The van der Waals surface area contributed by atoms with Gasteiger partial charge in [-0.15, -0.1) is 6.58 Å². The summed E-state index contributed by atoms with van der Waals surface area (Å²) in [7, 11) is 0. The highest BCUT2D eigenvalue weighted by Crippen LogP contribution is 2.46. The predicted octanol–water partition coefficient (Wildman–Crippen LogP) is 5.95. The van der Waals surface area contributed by atoms with E-state index in [-0.39, 0.29) is 22.0 Å². The summed E-state index contributed by atoms with van der Waals surface area (Å²) in [5, 5.41) is 17.0. The fourth-order valence-electron chi connectivity index (χ4n) is 3.58. The second kappa shape index (κ2) is 6.42. The van der Waals surface area contributed by atoms with Crippen molar-refractivity contribution >= 4 is 17.4 Å². The fourth-order valence-corrected chi connectivity index (χ4v) is 3.89. The first-order valence-electron chi connectivity index (χ1n) is 8.56. The molecule has 0 fully saturated rings. The van der Waals surface area contributed by atoms with Gasteiger partial charge < -0.3 is 9.73 Å². The number of anilines is 1. The summed E-state index contributed by atoms with van der Waals surface area (Å²) in [6.07, 6.45) is -3.07. The van der Waals surface area contributed by atoms with Crippen LogP contribution < -0.4 is 5.32 Å². The molecule has 9 heteroatoms. The van der Waals surface area contributed by atoms with Crippen LogP contribution in [-0.2, 0) is 6.18 Å². The van der Waals surface area contributed by atoms with E-state index >= 15 is 0 Å². The van der Waals surface area contributed by atoms with E-state index in [2.05, 4.69) is 17.0 Å². The molecular formula is C20H14ClF3N4O. The minimum absolute atomic E-state index is 0.100. The van der Waals surface area contributed by atoms with Crippen LogP contribution in [0, 0.1) is 25.2 Å². The smallest absolute Gasteiger partial charge is 0.416 e. The predicted molar refractivity (Wildman–Crippen MR) is 102 cm³/mol. The van der Waals surface area contributed by atoms with Crippen LogP contribution in [0.4, 0.5) is 19.0 Å². The molecule has 148 valence electrons. The maximum absolute atomic E-state index is 13.3. The Morgan fingerprint density at radius 2 is 2.07 bits per heavy atom. The Morgan fingerprint density at radius 1 is 1.34 bits per heavy atom. The number of aryl methyl sites for hydroxylation is 2. The molecule has 0 saturated carbocycles. The number of alkyl halides is 3. The molecule has 3 heterocycles. The van der Waals surface area contributed by atoms with Gasteiger partial charge in [0, 0.05) is 11.1 Å². The second-order valence-corrected chi connectivity index (χ2v) is 7.08. The third-order valence-electron chi connectivity index (χ3n) is 4.80. The van der Waals surface area contributed by atoms with Gasteiger partial charge in [0.1, 0.15) is 23.4 Å². The summed E-state index contributed by atoms with van der Waals surface area (Å²) in [6, 6.07) is 5.04. The number of halogens is 4. The van der Waals surface area contributed by atoms with Gasteiger partial charge in [-0.25, -0.2) is 4.68 Å². The number of fused-ring (bicyclic) bond motifs is 3. The number of nitrogens with one attached hydrogen (secondary N) is 1. The van der Waals surface area contributed by atoms with Gasteiger partial charge >= 0.3 is 6.18 Å². The molecule has 0 bridgehead atoms. The van der Waals surface area contributed by atoms with Gasteiger partial charge in [-0.1, -0.05) is 17.7 Å². The molecule has 2 aromatic heterocycles. The molecule has 0 amide bonds. The van der Waals surface area contributed by atoms with E-state index in [9.17, 15) is 18.4 Å². The minimum atomic E-state index is -4.55. The van der Waals surface area contributed by atoms with Crippen molar-refractivity contribution in [3.63, 3.8) is 0 Å². The zero-order valence-corrected chi connectivity index (χ0v) is 16.1.